The van der Waals surface area contributed by atoms with Crippen molar-refractivity contribution >= 4 is 17.3 Å². The van der Waals surface area contributed by atoms with Crippen molar-refractivity contribution in [2.24, 2.45) is 5.10 Å². The highest BCUT2D eigenvalue weighted by Gasteiger charge is 2.15. The van der Waals surface area contributed by atoms with Gasteiger partial charge >= 0.3 is 5.69 Å². The quantitative estimate of drug-likeness (QED) is 0.339. The molecule has 1 N–H and O–H groups in total. The lowest BCUT2D eigenvalue weighted by atomic mass is 10.0. The molecule has 0 saturated heterocycles. The summed E-state index contributed by atoms with van der Waals surface area (Å²) in [6.07, 6.45) is 0.621. The van der Waals surface area contributed by atoms with Gasteiger partial charge in [0.05, 0.1) is 10.6 Å². The fraction of sp³-hybridized carbons (Fsp3) is 0.130. The first kappa shape index (κ1) is 20.7. The van der Waals surface area contributed by atoms with Crippen molar-refractivity contribution in [1.82, 2.24) is 5.43 Å². The third-order valence-corrected chi connectivity index (χ3v) is 4.40. The van der Waals surface area contributed by atoms with E-state index in [-0.39, 0.29) is 18.0 Å². The number of carbonyl (C=O) groups is 1. The van der Waals surface area contributed by atoms with E-state index in [2.05, 4.69) is 10.5 Å². The molecule has 0 aromatic heterocycles. The second-order valence-electron chi connectivity index (χ2n) is 6.40. The predicted octanol–water partition coefficient (Wildman–Crippen LogP) is 4.57. The van der Waals surface area contributed by atoms with E-state index < -0.39 is 10.8 Å². The van der Waals surface area contributed by atoms with Crippen LogP contribution >= 0.6 is 0 Å². The summed E-state index contributed by atoms with van der Waals surface area (Å²) in [5.41, 5.74) is 6.09. The van der Waals surface area contributed by atoms with Crippen molar-refractivity contribution in [2.75, 3.05) is 6.61 Å². The number of hydrogen-bond acceptors (Lipinski definition) is 5. The maximum Gasteiger partial charge on any atom is 0.310 e. The highest BCUT2D eigenvalue weighted by molar-refractivity contribution is 6.01. The number of nitrogens with one attached hydrogen (secondary N) is 1. The molecule has 7 nitrogen and oxygen atoms in total. The van der Waals surface area contributed by atoms with Crippen LogP contribution < -0.4 is 10.2 Å². The molecule has 30 heavy (non-hydrogen) atoms. The van der Waals surface area contributed by atoms with E-state index >= 15 is 0 Å². The molecule has 0 aliphatic carbocycles. The normalized spacial score (nSPS) is 11.0. The van der Waals surface area contributed by atoms with Crippen molar-refractivity contribution in [1.29, 1.82) is 0 Å². The number of amides is 1. The first-order valence-corrected chi connectivity index (χ1v) is 9.46. The van der Waals surface area contributed by atoms with Crippen LogP contribution in [0.3, 0.4) is 0 Å². The lowest BCUT2D eigenvalue weighted by molar-refractivity contribution is -0.385. The second kappa shape index (κ2) is 9.97. The van der Waals surface area contributed by atoms with Crippen LogP contribution in [0.2, 0.25) is 0 Å². The van der Waals surface area contributed by atoms with Crippen LogP contribution in [0.1, 0.15) is 18.9 Å². The monoisotopic (exact) mass is 403 g/mol. The summed E-state index contributed by atoms with van der Waals surface area (Å²) >= 11 is 0. The highest BCUT2D eigenvalue weighted by atomic mass is 16.6. The van der Waals surface area contributed by atoms with Crippen LogP contribution in [0.25, 0.3) is 11.1 Å². The van der Waals surface area contributed by atoms with E-state index in [0.29, 0.717) is 12.1 Å². The molecule has 3 aromatic rings. The average Bonchev–Trinajstić information content (AvgIpc) is 2.79. The molecule has 0 saturated carbocycles. The average molecular weight is 403 g/mol. The van der Waals surface area contributed by atoms with Crippen molar-refractivity contribution in [3.8, 4) is 16.9 Å². The Labute approximate surface area is 174 Å². The molecular formula is C23H21N3O4. The van der Waals surface area contributed by atoms with Crippen molar-refractivity contribution in [2.45, 2.75) is 13.3 Å². The van der Waals surface area contributed by atoms with E-state index in [1.807, 2.05) is 61.5 Å². The zero-order chi connectivity index (χ0) is 21.3. The Bertz CT molecular complexity index is 1050. The Kier molecular flexibility index (Phi) is 6.89. The van der Waals surface area contributed by atoms with Gasteiger partial charge in [-0.25, -0.2) is 5.43 Å². The Balaban J connectivity index is 1.62. The zero-order valence-corrected chi connectivity index (χ0v) is 16.4. The molecule has 0 spiro atoms. The SMILES string of the molecule is CCC(=NNC(=O)COc1ccccc1[N+](=O)[O-])c1ccc(-c2ccccc2)cc1. The predicted molar refractivity (Wildman–Crippen MR) is 115 cm³/mol. The van der Waals surface area contributed by atoms with Gasteiger partial charge in [-0.2, -0.15) is 5.10 Å². The van der Waals surface area contributed by atoms with E-state index in [0.717, 1.165) is 16.7 Å². The molecule has 3 rings (SSSR count). The Morgan fingerprint density at radius 3 is 2.27 bits per heavy atom. The number of nitrogens with zero attached hydrogens (tertiary/aromatic N) is 2. The maximum absolute atomic E-state index is 12.1. The minimum atomic E-state index is -0.556. The van der Waals surface area contributed by atoms with Crippen LogP contribution in [0.15, 0.2) is 84.0 Å². The number of benzene rings is 3. The summed E-state index contributed by atoms with van der Waals surface area (Å²) in [5.74, 6) is -0.464. The van der Waals surface area contributed by atoms with Gasteiger partial charge in [0.2, 0.25) is 0 Å². The van der Waals surface area contributed by atoms with Gasteiger partial charge in [0, 0.05) is 6.07 Å². The number of hydrazone groups is 1. The third-order valence-electron chi connectivity index (χ3n) is 4.40. The summed E-state index contributed by atoms with van der Waals surface area (Å²) in [7, 11) is 0. The Morgan fingerprint density at radius 1 is 0.967 bits per heavy atom. The number of hydrogen-bond donors (Lipinski definition) is 1. The van der Waals surface area contributed by atoms with Gasteiger partial charge in [0.15, 0.2) is 12.4 Å². The number of ether oxygens (including phenoxy) is 1. The molecule has 0 atom stereocenters. The van der Waals surface area contributed by atoms with E-state index in [9.17, 15) is 14.9 Å². The van der Waals surface area contributed by atoms with Crippen LogP contribution in [0.4, 0.5) is 5.69 Å². The summed E-state index contributed by atoms with van der Waals surface area (Å²) in [5, 5.41) is 15.2. The molecule has 0 heterocycles. The van der Waals surface area contributed by atoms with Crippen LogP contribution in [0.5, 0.6) is 5.75 Å². The number of nitro benzene ring substituents is 1. The van der Waals surface area contributed by atoms with Gasteiger partial charge in [0.25, 0.3) is 5.91 Å². The zero-order valence-electron chi connectivity index (χ0n) is 16.4. The van der Waals surface area contributed by atoms with Gasteiger partial charge < -0.3 is 4.74 Å². The van der Waals surface area contributed by atoms with E-state index in [1.54, 1.807) is 6.07 Å². The van der Waals surface area contributed by atoms with Gasteiger partial charge in [-0.05, 0) is 29.2 Å². The first-order chi connectivity index (χ1) is 14.6. The molecule has 0 fully saturated rings. The Morgan fingerprint density at radius 2 is 1.60 bits per heavy atom. The molecule has 1 amide bonds. The van der Waals surface area contributed by atoms with E-state index in [1.165, 1.54) is 18.2 Å². The first-order valence-electron chi connectivity index (χ1n) is 9.46. The van der Waals surface area contributed by atoms with Gasteiger partial charge in [-0.1, -0.05) is 73.7 Å². The number of carbonyl (C=O) groups excluding carboxylic acids is 1. The molecule has 0 aliphatic heterocycles. The second-order valence-corrected chi connectivity index (χ2v) is 6.40. The van der Waals surface area contributed by atoms with E-state index in [4.69, 9.17) is 4.74 Å². The number of nitro groups is 1. The fourth-order valence-electron chi connectivity index (χ4n) is 2.87. The summed E-state index contributed by atoms with van der Waals surface area (Å²) in [6.45, 7) is 1.57. The molecule has 7 heteroatoms. The van der Waals surface area contributed by atoms with Crippen molar-refractivity contribution in [3.05, 3.63) is 94.5 Å². The summed E-state index contributed by atoms with van der Waals surface area (Å²) < 4.78 is 5.27. The Hall–Kier alpha value is -4.00. The molecule has 3 aromatic carbocycles. The molecule has 0 bridgehead atoms. The highest BCUT2D eigenvalue weighted by Crippen LogP contribution is 2.25. The van der Waals surface area contributed by atoms with Crippen molar-refractivity contribution in [3.63, 3.8) is 0 Å². The van der Waals surface area contributed by atoms with Gasteiger partial charge in [0.1, 0.15) is 0 Å². The standard InChI is InChI=1S/C23H21N3O4/c1-2-20(19-14-12-18(13-15-19)17-8-4-3-5-9-17)24-25-23(27)16-30-22-11-7-6-10-21(22)26(28)29/h3-15H,2,16H2,1H3,(H,25,27). The maximum atomic E-state index is 12.1. The fourth-order valence-corrected chi connectivity index (χ4v) is 2.87. The molecular weight excluding hydrogens is 382 g/mol. The minimum Gasteiger partial charge on any atom is -0.477 e. The topological polar surface area (TPSA) is 93.8 Å². The van der Waals surface area contributed by atoms with Gasteiger partial charge in [-0.3, -0.25) is 14.9 Å². The lowest BCUT2D eigenvalue weighted by Crippen LogP contribution is -2.26. The van der Waals surface area contributed by atoms with Crippen LogP contribution in [-0.4, -0.2) is 23.1 Å². The molecule has 152 valence electrons. The molecule has 0 aliphatic rings. The minimum absolute atomic E-state index is 0.0360. The lowest BCUT2D eigenvalue weighted by Gasteiger charge is -2.08. The summed E-state index contributed by atoms with van der Waals surface area (Å²) in [6, 6.07) is 23.9. The third kappa shape index (κ3) is 5.29. The summed E-state index contributed by atoms with van der Waals surface area (Å²) in [4.78, 5) is 22.5. The molecule has 0 unspecified atom stereocenters. The van der Waals surface area contributed by atoms with Crippen LogP contribution in [-0.2, 0) is 4.79 Å². The largest absolute Gasteiger partial charge is 0.477 e. The smallest absolute Gasteiger partial charge is 0.310 e. The van der Waals surface area contributed by atoms with Crippen molar-refractivity contribution < 1.29 is 14.5 Å². The number of rotatable bonds is 8. The van der Waals surface area contributed by atoms with Gasteiger partial charge in [-0.15, -0.1) is 0 Å². The number of para-hydroxylation sites is 2. The molecule has 0 radical (unpaired) electrons. The van der Waals surface area contributed by atoms with Crippen LogP contribution in [0, 0.1) is 10.1 Å².